The van der Waals surface area contributed by atoms with E-state index in [0.29, 0.717) is 17.0 Å². The van der Waals surface area contributed by atoms with Crippen LogP contribution in [0.1, 0.15) is 40.4 Å². The van der Waals surface area contributed by atoms with Crippen LogP contribution >= 0.6 is 0 Å². The van der Waals surface area contributed by atoms with Gasteiger partial charge in [0.25, 0.3) is 5.91 Å². The molecule has 0 spiro atoms. The second kappa shape index (κ2) is 6.48. The minimum absolute atomic E-state index is 0.0421. The number of benzene rings is 2. The van der Waals surface area contributed by atoms with Gasteiger partial charge in [0.2, 0.25) is 0 Å². The van der Waals surface area contributed by atoms with Crippen molar-refractivity contribution >= 4 is 23.0 Å². The van der Waals surface area contributed by atoms with Crippen molar-refractivity contribution in [3.63, 3.8) is 0 Å². The van der Waals surface area contributed by atoms with Crippen LogP contribution in [0.3, 0.4) is 0 Å². The van der Waals surface area contributed by atoms with E-state index in [9.17, 15) is 15.0 Å². The molecule has 2 aromatic carbocycles. The summed E-state index contributed by atoms with van der Waals surface area (Å²) in [4.78, 5) is 17.3. The third kappa shape index (κ3) is 3.21. The molecule has 0 radical (unpaired) electrons. The van der Waals surface area contributed by atoms with E-state index in [1.807, 2.05) is 30.3 Å². The largest absolute Gasteiger partial charge is 0.508 e. The summed E-state index contributed by atoms with van der Waals surface area (Å²) in [5.41, 5.74) is 5.15. The number of phenols is 2. The summed E-state index contributed by atoms with van der Waals surface area (Å²) in [6.07, 6.45) is 3.53. The van der Waals surface area contributed by atoms with Gasteiger partial charge in [0.15, 0.2) is 0 Å². The molecule has 1 aliphatic rings. The number of nitrogens with zero attached hydrogens (tertiary/aromatic N) is 2. The summed E-state index contributed by atoms with van der Waals surface area (Å²) in [7, 11) is 0. The average Bonchev–Trinajstić information content (AvgIpc) is 3.47. The Balaban J connectivity index is 1.60. The quantitative estimate of drug-likeness (QED) is 0.498. The molecule has 1 fully saturated rings. The number of phenolic OH excluding ortho intramolecular Hbond substituents is 2. The average molecular weight is 347 g/mol. The summed E-state index contributed by atoms with van der Waals surface area (Å²) in [5.74, 6) is -0.0588. The molecule has 1 heterocycles. The van der Waals surface area contributed by atoms with Crippen LogP contribution in [0.5, 0.6) is 11.5 Å². The summed E-state index contributed by atoms with van der Waals surface area (Å²) in [6.45, 7) is 0. The van der Waals surface area contributed by atoms with Gasteiger partial charge in [-0.3, -0.25) is 9.78 Å². The number of amides is 1. The molecule has 1 saturated carbocycles. The number of hydrogen-bond acceptors (Lipinski definition) is 5. The van der Waals surface area contributed by atoms with Crippen molar-refractivity contribution in [2.75, 3.05) is 0 Å². The van der Waals surface area contributed by atoms with Crippen LogP contribution in [-0.2, 0) is 0 Å². The topological polar surface area (TPSA) is 94.8 Å². The number of hydrogen-bond donors (Lipinski definition) is 3. The predicted octanol–water partition coefficient (Wildman–Crippen LogP) is 3.29. The number of carbonyl (C=O) groups is 1. The number of para-hydroxylation sites is 1. The Morgan fingerprint density at radius 1 is 1.15 bits per heavy atom. The fourth-order valence-electron chi connectivity index (χ4n) is 2.83. The monoisotopic (exact) mass is 347 g/mol. The summed E-state index contributed by atoms with van der Waals surface area (Å²) < 4.78 is 0. The van der Waals surface area contributed by atoms with E-state index < -0.39 is 0 Å². The molecule has 0 bridgehead atoms. The Hall–Kier alpha value is -3.41. The van der Waals surface area contributed by atoms with Crippen molar-refractivity contribution < 1.29 is 15.0 Å². The third-order valence-corrected chi connectivity index (χ3v) is 4.36. The smallest absolute Gasteiger partial charge is 0.272 e. The van der Waals surface area contributed by atoms with Gasteiger partial charge in [-0.15, -0.1) is 0 Å². The number of rotatable bonds is 4. The van der Waals surface area contributed by atoms with Crippen molar-refractivity contribution in [1.82, 2.24) is 10.4 Å². The maximum atomic E-state index is 12.6. The maximum absolute atomic E-state index is 12.6. The lowest BCUT2D eigenvalue weighted by Crippen LogP contribution is -2.18. The molecule has 26 heavy (non-hydrogen) atoms. The molecule has 0 unspecified atom stereocenters. The molecule has 3 N–H and O–H groups in total. The van der Waals surface area contributed by atoms with Crippen LogP contribution < -0.4 is 5.43 Å². The number of fused-ring (bicyclic) bond motifs is 1. The minimum atomic E-state index is -0.333. The molecule has 4 rings (SSSR count). The van der Waals surface area contributed by atoms with Crippen LogP contribution in [0.25, 0.3) is 10.9 Å². The van der Waals surface area contributed by atoms with Gasteiger partial charge in [-0.2, -0.15) is 5.10 Å². The highest BCUT2D eigenvalue weighted by Gasteiger charge is 2.26. The molecule has 6 heteroatoms. The third-order valence-electron chi connectivity index (χ3n) is 4.36. The molecule has 3 aromatic rings. The number of aromatic hydroxyl groups is 2. The van der Waals surface area contributed by atoms with Crippen LogP contribution in [0.2, 0.25) is 0 Å². The Morgan fingerprint density at radius 2 is 1.96 bits per heavy atom. The van der Waals surface area contributed by atoms with Gasteiger partial charge in [-0.05, 0) is 37.1 Å². The molecular formula is C20H17N3O3. The van der Waals surface area contributed by atoms with Gasteiger partial charge >= 0.3 is 0 Å². The van der Waals surface area contributed by atoms with Crippen molar-refractivity contribution in [3.8, 4) is 11.5 Å². The summed E-state index contributed by atoms with van der Waals surface area (Å²) in [6, 6.07) is 13.5. The first kappa shape index (κ1) is 16.1. The number of carbonyl (C=O) groups excluding carboxylic acids is 1. The highest BCUT2D eigenvalue weighted by Crippen LogP contribution is 2.40. The Morgan fingerprint density at radius 3 is 2.73 bits per heavy atom. The number of hydrazone groups is 1. The molecule has 130 valence electrons. The van der Waals surface area contributed by atoms with Gasteiger partial charge in [0.1, 0.15) is 11.5 Å². The van der Waals surface area contributed by atoms with Crippen LogP contribution in [0.15, 0.2) is 53.6 Å². The van der Waals surface area contributed by atoms with Crippen molar-refractivity contribution in [2.45, 2.75) is 18.8 Å². The fraction of sp³-hybridized carbons (Fsp3) is 0.150. The fourth-order valence-corrected chi connectivity index (χ4v) is 2.83. The molecule has 1 aliphatic carbocycles. The van der Waals surface area contributed by atoms with Crippen molar-refractivity contribution in [1.29, 1.82) is 0 Å². The standard InChI is InChI=1S/C20H17N3O3/c24-14-8-7-13(19(25)9-14)11-21-23-20(26)16-10-18(12-5-6-12)22-17-4-2-1-3-15(16)17/h1-4,7-12,24-25H,5-6H2,(H,23,26)/b21-11-. The lowest BCUT2D eigenvalue weighted by Gasteiger charge is -2.08. The Kier molecular flexibility index (Phi) is 4.01. The lowest BCUT2D eigenvalue weighted by atomic mass is 10.1. The molecule has 1 aromatic heterocycles. The highest BCUT2D eigenvalue weighted by atomic mass is 16.3. The Bertz CT molecular complexity index is 1030. The van der Waals surface area contributed by atoms with E-state index in [4.69, 9.17) is 0 Å². The zero-order valence-corrected chi connectivity index (χ0v) is 13.9. The highest BCUT2D eigenvalue weighted by molar-refractivity contribution is 6.06. The van der Waals surface area contributed by atoms with E-state index in [1.54, 1.807) is 0 Å². The van der Waals surface area contributed by atoms with Crippen LogP contribution in [0.4, 0.5) is 0 Å². The normalized spacial score (nSPS) is 14.0. The lowest BCUT2D eigenvalue weighted by molar-refractivity contribution is 0.0956. The van der Waals surface area contributed by atoms with Crippen molar-refractivity contribution in [2.24, 2.45) is 5.10 Å². The van der Waals surface area contributed by atoms with E-state index in [1.165, 1.54) is 24.4 Å². The Labute approximate surface area is 149 Å². The maximum Gasteiger partial charge on any atom is 0.272 e. The predicted molar refractivity (Wildman–Crippen MR) is 98.5 cm³/mol. The molecular weight excluding hydrogens is 330 g/mol. The molecule has 0 saturated heterocycles. The SMILES string of the molecule is O=C(N/N=C\c1ccc(O)cc1O)c1cc(C2CC2)nc2ccccc12. The second-order valence-electron chi connectivity index (χ2n) is 6.33. The second-order valence-corrected chi connectivity index (χ2v) is 6.33. The van der Waals surface area contributed by atoms with Crippen LogP contribution in [-0.4, -0.2) is 27.3 Å². The summed E-state index contributed by atoms with van der Waals surface area (Å²) in [5, 5.41) is 23.7. The zero-order chi connectivity index (χ0) is 18.1. The van der Waals surface area contributed by atoms with Crippen molar-refractivity contribution in [3.05, 3.63) is 65.4 Å². The number of pyridine rings is 1. The van der Waals surface area contributed by atoms with Gasteiger partial charge in [0, 0.05) is 28.6 Å². The van der Waals surface area contributed by atoms with Crippen LogP contribution in [0, 0.1) is 0 Å². The van der Waals surface area contributed by atoms with E-state index >= 15 is 0 Å². The molecule has 1 amide bonds. The molecule has 6 nitrogen and oxygen atoms in total. The van der Waals surface area contributed by atoms with Gasteiger partial charge in [-0.25, -0.2) is 5.43 Å². The van der Waals surface area contributed by atoms with Gasteiger partial charge in [0.05, 0.1) is 17.3 Å². The molecule has 0 atom stereocenters. The van der Waals surface area contributed by atoms with Gasteiger partial charge in [-0.1, -0.05) is 18.2 Å². The van der Waals surface area contributed by atoms with E-state index in [0.717, 1.165) is 29.4 Å². The number of aromatic nitrogens is 1. The first-order valence-electron chi connectivity index (χ1n) is 8.37. The van der Waals surface area contributed by atoms with E-state index in [2.05, 4.69) is 15.5 Å². The van der Waals surface area contributed by atoms with E-state index in [-0.39, 0.29) is 17.4 Å². The summed E-state index contributed by atoms with van der Waals surface area (Å²) >= 11 is 0. The number of nitrogens with one attached hydrogen (secondary N) is 1. The minimum Gasteiger partial charge on any atom is -0.508 e. The first-order chi connectivity index (χ1) is 12.6. The zero-order valence-electron chi connectivity index (χ0n) is 13.9. The molecule has 0 aliphatic heterocycles. The van der Waals surface area contributed by atoms with Gasteiger partial charge < -0.3 is 10.2 Å². The first-order valence-corrected chi connectivity index (χ1v) is 8.37.